The monoisotopic (exact) mass is 519 g/mol. The molecule has 9 heteroatoms. The van der Waals surface area contributed by atoms with E-state index in [1.54, 1.807) is 19.1 Å². The molecule has 0 aliphatic carbocycles. The molecular formula is C27H38FN3O4S. The normalized spacial score (nSPS) is 13.1. The van der Waals surface area contributed by atoms with Crippen LogP contribution in [0.1, 0.15) is 56.7 Å². The van der Waals surface area contributed by atoms with E-state index in [1.165, 1.54) is 21.3 Å². The largest absolute Gasteiger partial charge is 0.352 e. The average molecular weight is 520 g/mol. The molecule has 0 bridgehead atoms. The standard InChI is InChI=1S/C27H38FN3O4S/c1-7-21(4)29-27(33)22(5)30(18-23-12-14-24(28)15-13-23)26(32)9-8-16-31(36(6,34)35)25-17-19(2)10-11-20(25)3/h10-15,17,21-22H,7-9,16,18H2,1-6H3,(H,29,33)/t21-,22-/m1/s1. The maximum absolute atomic E-state index is 13.4. The number of hydrogen-bond acceptors (Lipinski definition) is 4. The predicted molar refractivity (Wildman–Crippen MR) is 142 cm³/mol. The zero-order valence-corrected chi connectivity index (χ0v) is 22.9. The van der Waals surface area contributed by atoms with E-state index >= 15 is 0 Å². The molecule has 7 nitrogen and oxygen atoms in total. The zero-order chi connectivity index (χ0) is 27.0. The highest BCUT2D eigenvalue weighted by atomic mass is 32.2. The Morgan fingerprint density at radius 1 is 1.06 bits per heavy atom. The molecule has 0 aliphatic rings. The Labute approximate surface area is 214 Å². The molecule has 2 atom stereocenters. The van der Waals surface area contributed by atoms with Crippen LogP contribution >= 0.6 is 0 Å². The molecule has 0 fully saturated rings. The van der Waals surface area contributed by atoms with E-state index in [2.05, 4.69) is 5.32 Å². The fourth-order valence-corrected chi connectivity index (χ4v) is 4.82. The van der Waals surface area contributed by atoms with Gasteiger partial charge in [0.05, 0.1) is 11.9 Å². The average Bonchev–Trinajstić information content (AvgIpc) is 2.81. The first-order chi connectivity index (χ1) is 16.8. The van der Waals surface area contributed by atoms with Gasteiger partial charge in [-0.2, -0.15) is 0 Å². The summed E-state index contributed by atoms with van der Waals surface area (Å²) in [7, 11) is -3.57. The number of hydrogen-bond donors (Lipinski definition) is 1. The van der Waals surface area contributed by atoms with Gasteiger partial charge in [0.15, 0.2) is 0 Å². The second-order valence-electron chi connectivity index (χ2n) is 9.37. The van der Waals surface area contributed by atoms with E-state index in [4.69, 9.17) is 0 Å². The Bertz CT molecular complexity index is 1150. The maximum Gasteiger partial charge on any atom is 0.242 e. The number of carbonyl (C=O) groups excluding carboxylic acids is 2. The van der Waals surface area contributed by atoms with E-state index in [9.17, 15) is 22.4 Å². The van der Waals surface area contributed by atoms with Crippen molar-refractivity contribution in [3.05, 3.63) is 65.0 Å². The smallest absolute Gasteiger partial charge is 0.242 e. The van der Waals surface area contributed by atoms with Gasteiger partial charge in [0.25, 0.3) is 0 Å². The molecule has 0 unspecified atom stereocenters. The molecule has 198 valence electrons. The predicted octanol–water partition coefficient (Wildman–Crippen LogP) is 4.32. The molecule has 0 radical (unpaired) electrons. The van der Waals surface area contributed by atoms with Gasteiger partial charge in [-0.1, -0.05) is 31.2 Å². The number of halogens is 1. The molecule has 0 aliphatic heterocycles. The highest BCUT2D eigenvalue weighted by Crippen LogP contribution is 2.24. The van der Waals surface area contributed by atoms with Crippen LogP contribution in [0.25, 0.3) is 0 Å². The van der Waals surface area contributed by atoms with Crippen LogP contribution in [0.3, 0.4) is 0 Å². The zero-order valence-electron chi connectivity index (χ0n) is 22.0. The quantitative estimate of drug-likeness (QED) is 0.453. The van der Waals surface area contributed by atoms with Gasteiger partial charge in [-0.3, -0.25) is 13.9 Å². The van der Waals surface area contributed by atoms with Gasteiger partial charge in [-0.05, 0) is 75.4 Å². The fourth-order valence-electron chi connectivity index (χ4n) is 3.81. The minimum absolute atomic E-state index is 0.0383. The van der Waals surface area contributed by atoms with E-state index in [0.717, 1.165) is 23.8 Å². The van der Waals surface area contributed by atoms with Crippen molar-refractivity contribution in [3.63, 3.8) is 0 Å². The van der Waals surface area contributed by atoms with Gasteiger partial charge in [0, 0.05) is 25.6 Å². The molecule has 0 heterocycles. The van der Waals surface area contributed by atoms with Crippen molar-refractivity contribution in [2.24, 2.45) is 0 Å². The SMILES string of the molecule is CC[C@@H](C)NC(=O)[C@@H](C)N(Cc1ccc(F)cc1)C(=O)CCCN(c1cc(C)ccc1C)S(C)(=O)=O. The number of anilines is 1. The molecule has 2 rings (SSSR count). The van der Waals surface area contributed by atoms with Gasteiger partial charge in [0.1, 0.15) is 11.9 Å². The lowest BCUT2D eigenvalue weighted by molar-refractivity contribution is -0.140. The van der Waals surface area contributed by atoms with Crippen molar-refractivity contribution in [2.45, 2.75) is 72.5 Å². The summed E-state index contributed by atoms with van der Waals surface area (Å²) >= 11 is 0. The third-order valence-corrected chi connectivity index (χ3v) is 7.40. The highest BCUT2D eigenvalue weighted by Gasteiger charge is 2.27. The number of nitrogens with one attached hydrogen (secondary N) is 1. The Balaban J connectivity index is 2.20. The summed E-state index contributed by atoms with van der Waals surface area (Å²) in [4.78, 5) is 27.6. The summed E-state index contributed by atoms with van der Waals surface area (Å²) in [5.74, 6) is -0.931. The second-order valence-corrected chi connectivity index (χ2v) is 11.3. The minimum atomic E-state index is -3.57. The number of amides is 2. The molecule has 1 N–H and O–H groups in total. The van der Waals surface area contributed by atoms with Crippen molar-refractivity contribution in [1.29, 1.82) is 0 Å². The third-order valence-electron chi connectivity index (χ3n) is 6.22. The topological polar surface area (TPSA) is 86.8 Å². The van der Waals surface area contributed by atoms with Crippen LogP contribution in [-0.2, 0) is 26.2 Å². The summed E-state index contributed by atoms with van der Waals surface area (Å²) in [5.41, 5.74) is 3.05. The molecular weight excluding hydrogens is 481 g/mol. The molecule has 2 aromatic rings. The molecule has 2 aromatic carbocycles. The minimum Gasteiger partial charge on any atom is -0.352 e. The van der Waals surface area contributed by atoms with Crippen LogP contribution in [0.5, 0.6) is 0 Å². The lowest BCUT2D eigenvalue weighted by atomic mass is 10.1. The fraction of sp³-hybridized carbons (Fsp3) is 0.481. The van der Waals surface area contributed by atoms with Gasteiger partial charge >= 0.3 is 0 Å². The number of sulfonamides is 1. The lowest BCUT2D eigenvalue weighted by Crippen LogP contribution is -2.49. The Morgan fingerprint density at radius 3 is 2.28 bits per heavy atom. The van der Waals surface area contributed by atoms with Crippen LogP contribution in [0.2, 0.25) is 0 Å². The molecule has 0 spiro atoms. The van der Waals surface area contributed by atoms with Crippen LogP contribution in [0, 0.1) is 19.7 Å². The van der Waals surface area contributed by atoms with Crippen molar-refractivity contribution in [1.82, 2.24) is 10.2 Å². The van der Waals surface area contributed by atoms with Gasteiger partial charge in [0.2, 0.25) is 21.8 Å². The molecule has 2 amide bonds. The first-order valence-corrected chi connectivity index (χ1v) is 14.1. The van der Waals surface area contributed by atoms with Crippen molar-refractivity contribution < 1.29 is 22.4 Å². The van der Waals surface area contributed by atoms with Crippen LogP contribution < -0.4 is 9.62 Å². The highest BCUT2D eigenvalue weighted by molar-refractivity contribution is 7.92. The molecule has 0 aromatic heterocycles. The second kappa shape index (κ2) is 12.9. The molecule has 36 heavy (non-hydrogen) atoms. The van der Waals surface area contributed by atoms with Gasteiger partial charge in [-0.25, -0.2) is 12.8 Å². The van der Waals surface area contributed by atoms with Crippen LogP contribution in [-0.4, -0.2) is 50.0 Å². The first kappa shape index (κ1) is 29.3. The summed E-state index contributed by atoms with van der Waals surface area (Å²) in [6, 6.07) is 10.6. The Kier molecular flexibility index (Phi) is 10.5. The summed E-state index contributed by atoms with van der Waals surface area (Å²) in [6.45, 7) is 9.53. The number of aryl methyl sites for hydroxylation is 2. The van der Waals surface area contributed by atoms with Crippen LogP contribution in [0.15, 0.2) is 42.5 Å². The van der Waals surface area contributed by atoms with E-state index < -0.39 is 16.1 Å². The molecule has 0 saturated heterocycles. The Hall–Kier alpha value is -2.94. The summed E-state index contributed by atoms with van der Waals surface area (Å²) in [6.07, 6.45) is 2.24. The van der Waals surface area contributed by atoms with Crippen molar-refractivity contribution >= 4 is 27.5 Å². The lowest BCUT2D eigenvalue weighted by Gasteiger charge is -2.30. The first-order valence-electron chi connectivity index (χ1n) is 12.2. The van der Waals surface area contributed by atoms with Crippen LogP contribution in [0.4, 0.5) is 10.1 Å². The van der Waals surface area contributed by atoms with E-state index in [1.807, 2.05) is 45.9 Å². The third kappa shape index (κ3) is 8.33. The maximum atomic E-state index is 13.4. The van der Waals surface area contributed by atoms with Gasteiger partial charge < -0.3 is 10.2 Å². The van der Waals surface area contributed by atoms with E-state index in [0.29, 0.717) is 11.3 Å². The van der Waals surface area contributed by atoms with Crippen molar-refractivity contribution in [3.8, 4) is 0 Å². The number of nitrogens with zero attached hydrogens (tertiary/aromatic N) is 2. The number of benzene rings is 2. The summed E-state index contributed by atoms with van der Waals surface area (Å²) < 4.78 is 39.8. The Morgan fingerprint density at radius 2 is 1.69 bits per heavy atom. The number of rotatable bonds is 12. The van der Waals surface area contributed by atoms with Crippen molar-refractivity contribution in [2.75, 3.05) is 17.1 Å². The van der Waals surface area contributed by atoms with E-state index in [-0.39, 0.29) is 49.6 Å². The summed E-state index contributed by atoms with van der Waals surface area (Å²) in [5, 5.41) is 2.91. The number of carbonyl (C=O) groups is 2. The van der Waals surface area contributed by atoms with Gasteiger partial charge in [-0.15, -0.1) is 0 Å². The molecule has 0 saturated carbocycles.